The van der Waals surface area contributed by atoms with Crippen molar-refractivity contribution in [2.75, 3.05) is 6.61 Å². The summed E-state index contributed by atoms with van der Waals surface area (Å²) in [6.07, 6.45) is -4.96. The zero-order valence-electron chi connectivity index (χ0n) is 15.3. The molecule has 2 heterocycles. The number of nitrogens with zero attached hydrogens (tertiary/aromatic N) is 1. The standard InChI is InChI=1S/C20H15F3N2O5/c21-20(22,23)30-13-3-1-10-5-16(19(24)28)25(15(10)8-13)12-2-4-14-11(6-18(26)27)9-29-17(14)7-12/h1-5,7-8,11H,6,9H2,(H2,24,28)(H,26,27). The first kappa shape index (κ1) is 19.6. The number of carbonyl (C=O) groups is 2. The fourth-order valence-corrected chi connectivity index (χ4v) is 3.62. The lowest BCUT2D eigenvalue weighted by atomic mass is 9.98. The van der Waals surface area contributed by atoms with E-state index < -0.39 is 24.0 Å². The van der Waals surface area contributed by atoms with Gasteiger partial charge in [-0.2, -0.15) is 0 Å². The van der Waals surface area contributed by atoms with Gasteiger partial charge in [0, 0.05) is 29.0 Å². The molecule has 0 fully saturated rings. The van der Waals surface area contributed by atoms with Gasteiger partial charge >= 0.3 is 12.3 Å². The van der Waals surface area contributed by atoms with Crippen LogP contribution in [0.3, 0.4) is 0 Å². The highest BCUT2D eigenvalue weighted by molar-refractivity contribution is 5.99. The Balaban J connectivity index is 1.83. The smallest absolute Gasteiger partial charge is 0.493 e. The molecule has 3 aromatic rings. The van der Waals surface area contributed by atoms with E-state index in [4.69, 9.17) is 15.6 Å². The predicted octanol–water partition coefficient (Wildman–Crippen LogP) is 3.58. The molecule has 1 unspecified atom stereocenters. The van der Waals surface area contributed by atoms with Crippen molar-refractivity contribution in [1.29, 1.82) is 0 Å². The summed E-state index contributed by atoms with van der Waals surface area (Å²) in [6.45, 7) is 0.198. The Labute approximate surface area is 167 Å². The van der Waals surface area contributed by atoms with Crippen LogP contribution in [0, 0.1) is 0 Å². The van der Waals surface area contributed by atoms with E-state index in [0.29, 0.717) is 22.4 Å². The summed E-state index contributed by atoms with van der Waals surface area (Å²) < 4.78 is 48.8. The number of aromatic nitrogens is 1. The fourth-order valence-electron chi connectivity index (χ4n) is 3.62. The van der Waals surface area contributed by atoms with E-state index in [0.717, 1.165) is 12.1 Å². The summed E-state index contributed by atoms with van der Waals surface area (Å²) in [5.41, 5.74) is 6.96. The maximum Gasteiger partial charge on any atom is 0.573 e. The largest absolute Gasteiger partial charge is 0.573 e. The number of carboxylic acids is 1. The van der Waals surface area contributed by atoms with Crippen LogP contribution in [-0.2, 0) is 4.79 Å². The maximum absolute atomic E-state index is 12.6. The van der Waals surface area contributed by atoms with Crippen molar-refractivity contribution in [3.8, 4) is 17.2 Å². The van der Waals surface area contributed by atoms with Gasteiger partial charge in [-0.1, -0.05) is 6.07 Å². The summed E-state index contributed by atoms with van der Waals surface area (Å²) in [5, 5.41) is 9.51. The van der Waals surface area contributed by atoms with Gasteiger partial charge in [-0.3, -0.25) is 9.59 Å². The zero-order valence-corrected chi connectivity index (χ0v) is 15.3. The predicted molar refractivity (Wildman–Crippen MR) is 99.0 cm³/mol. The summed E-state index contributed by atoms with van der Waals surface area (Å²) in [4.78, 5) is 23.0. The second kappa shape index (κ2) is 6.97. The molecule has 1 atom stereocenters. The molecule has 3 N–H and O–H groups in total. The minimum absolute atomic E-state index is 0.0641. The normalized spacial score (nSPS) is 15.6. The number of halogens is 3. The maximum atomic E-state index is 12.6. The van der Waals surface area contributed by atoms with E-state index in [-0.39, 0.29) is 30.2 Å². The number of hydrogen-bond donors (Lipinski definition) is 2. The third-order valence-corrected chi connectivity index (χ3v) is 4.82. The summed E-state index contributed by atoms with van der Waals surface area (Å²) in [5.74, 6) is -2.03. The number of nitrogens with two attached hydrogens (primary N) is 1. The first-order valence-electron chi connectivity index (χ1n) is 8.82. The second-order valence-electron chi connectivity index (χ2n) is 6.83. The monoisotopic (exact) mass is 420 g/mol. The van der Waals surface area contributed by atoms with Crippen molar-refractivity contribution in [2.24, 2.45) is 5.73 Å². The van der Waals surface area contributed by atoms with Crippen molar-refractivity contribution in [2.45, 2.75) is 18.7 Å². The Morgan fingerprint density at radius 2 is 1.97 bits per heavy atom. The van der Waals surface area contributed by atoms with Crippen LogP contribution in [0.25, 0.3) is 16.6 Å². The molecular formula is C20H15F3N2O5. The van der Waals surface area contributed by atoms with E-state index in [2.05, 4.69) is 4.74 Å². The Morgan fingerprint density at radius 1 is 1.20 bits per heavy atom. The molecule has 0 saturated heterocycles. The number of hydrogen-bond acceptors (Lipinski definition) is 4. The first-order chi connectivity index (χ1) is 14.1. The molecule has 7 nitrogen and oxygen atoms in total. The molecule has 1 aromatic heterocycles. The molecule has 1 aliphatic rings. The Kier molecular flexibility index (Phi) is 4.56. The van der Waals surface area contributed by atoms with Crippen LogP contribution in [0.15, 0.2) is 42.5 Å². The van der Waals surface area contributed by atoms with E-state index >= 15 is 0 Å². The van der Waals surface area contributed by atoms with Crippen LogP contribution in [0.5, 0.6) is 11.5 Å². The van der Waals surface area contributed by atoms with Crippen LogP contribution < -0.4 is 15.2 Å². The molecule has 0 saturated carbocycles. The highest BCUT2D eigenvalue weighted by Gasteiger charge is 2.31. The molecule has 0 aliphatic carbocycles. The Morgan fingerprint density at radius 3 is 2.63 bits per heavy atom. The quantitative estimate of drug-likeness (QED) is 0.657. The number of primary amides is 1. The van der Waals surface area contributed by atoms with Gasteiger partial charge in [-0.25, -0.2) is 0 Å². The van der Waals surface area contributed by atoms with Crippen molar-refractivity contribution >= 4 is 22.8 Å². The number of aliphatic carboxylic acids is 1. The topological polar surface area (TPSA) is 104 Å². The fraction of sp³-hybridized carbons (Fsp3) is 0.200. The lowest BCUT2D eigenvalue weighted by molar-refractivity contribution is -0.274. The van der Waals surface area contributed by atoms with Gasteiger partial charge in [0.05, 0.1) is 24.2 Å². The molecule has 1 amide bonds. The first-order valence-corrected chi connectivity index (χ1v) is 8.82. The SMILES string of the molecule is NC(=O)c1cc2ccc(OC(F)(F)F)cc2n1-c1ccc2c(c1)OCC2CC(=O)O. The van der Waals surface area contributed by atoms with Gasteiger partial charge in [0.25, 0.3) is 5.91 Å². The lowest BCUT2D eigenvalue weighted by Crippen LogP contribution is -2.17. The molecule has 30 heavy (non-hydrogen) atoms. The van der Waals surface area contributed by atoms with Crippen LogP contribution >= 0.6 is 0 Å². The Bertz CT molecular complexity index is 1170. The lowest BCUT2D eigenvalue weighted by Gasteiger charge is -2.13. The number of fused-ring (bicyclic) bond motifs is 2. The molecule has 4 rings (SSSR count). The zero-order chi connectivity index (χ0) is 21.6. The highest BCUT2D eigenvalue weighted by Crippen LogP contribution is 2.38. The van der Waals surface area contributed by atoms with Crippen molar-refractivity contribution in [3.05, 3.63) is 53.7 Å². The van der Waals surface area contributed by atoms with Crippen LogP contribution in [0.1, 0.15) is 28.4 Å². The number of carboxylic acid groups (broad SMARTS) is 1. The number of rotatable bonds is 5. The minimum atomic E-state index is -4.86. The second-order valence-corrected chi connectivity index (χ2v) is 6.83. The van der Waals surface area contributed by atoms with E-state index in [1.807, 2.05) is 0 Å². The molecule has 2 aromatic carbocycles. The Hall–Kier alpha value is -3.69. The number of ether oxygens (including phenoxy) is 2. The molecule has 0 radical (unpaired) electrons. The van der Waals surface area contributed by atoms with E-state index in [1.165, 1.54) is 16.7 Å². The molecule has 0 bridgehead atoms. The molecular weight excluding hydrogens is 405 g/mol. The van der Waals surface area contributed by atoms with Gasteiger partial charge in [0.15, 0.2) is 0 Å². The van der Waals surface area contributed by atoms with Gasteiger partial charge in [-0.15, -0.1) is 13.2 Å². The minimum Gasteiger partial charge on any atom is -0.493 e. The van der Waals surface area contributed by atoms with Gasteiger partial charge in [0.1, 0.15) is 17.2 Å². The van der Waals surface area contributed by atoms with Gasteiger partial charge in [-0.05, 0) is 24.3 Å². The molecule has 156 valence electrons. The summed E-state index contributed by atoms with van der Waals surface area (Å²) in [7, 11) is 0. The summed E-state index contributed by atoms with van der Waals surface area (Å²) in [6, 6.07) is 10.1. The number of carbonyl (C=O) groups excluding carboxylic acids is 1. The van der Waals surface area contributed by atoms with Crippen LogP contribution in [0.4, 0.5) is 13.2 Å². The van der Waals surface area contributed by atoms with E-state index in [1.54, 1.807) is 18.2 Å². The number of amides is 1. The van der Waals surface area contributed by atoms with E-state index in [9.17, 15) is 22.8 Å². The van der Waals surface area contributed by atoms with Crippen molar-refractivity contribution in [3.63, 3.8) is 0 Å². The van der Waals surface area contributed by atoms with Gasteiger partial charge < -0.3 is 24.9 Å². The molecule has 10 heteroatoms. The number of benzene rings is 2. The highest BCUT2D eigenvalue weighted by atomic mass is 19.4. The van der Waals surface area contributed by atoms with Crippen LogP contribution in [-0.4, -0.2) is 34.5 Å². The average molecular weight is 420 g/mol. The average Bonchev–Trinajstić information content (AvgIpc) is 3.20. The molecule has 0 spiro atoms. The van der Waals surface area contributed by atoms with Crippen LogP contribution in [0.2, 0.25) is 0 Å². The summed E-state index contributed by atoms with van der Waals surface area (Å²) >= 11 is 0. The third kappa shape index (κ3) is 3.63. The number of alkyl halides is 3. The molecule has 1 aliphatic heterocycles. The van der Waals surface area contributed by atoms with Crippen molar-refractivity contribution in [1.82, 2.24) is 4.57 Å². The third-order valence-electron chi connectivity index (χ3n) is 4.82. The van der Waals surface area contributed by atoms with Crippen molar-refractivity contribution < 1.29 is 37.3 Å². The van der Waals surface area contributed by atoms with Gasteiger partial charge in [0.2, 0.25) is 0 Å².